The number of amides is 1. The van der Waals surface area contributed by atoms with Gasteiger partial charge in [0.2, 0.25) is 10.0 Å². The first-order valence-corrected chi connectivity index (χ1v) is 12.0. The lowest BCUT2D eigenvalue weighted by Gasteiger charge is -2.19. The molecule has 172 valence electrons. The topological polar surface area (TPSA) is 95.2 Å². The Morgan fingerprint density at radius 3 is 2.35 bits per heavy atom. The number of para-hydroxylation sites is 2. The molecule has 0 bridgehead atoms. The molecule has 2 N–H and O–H groups in total. The standard InChI is InChI=1S/C26H24N4O3S/c1-3-16-30(17-4-2)34(32,33)22-14-12-19(13-15-22)26(31)27-21-9-7-8-20(18-21)25-28-23-10-5-6-11-24(23)29-25/h3-15,18H,1-2,16-17H2,(H,27,31)(H,28,29). The van der Waals surface area contributed by atoms with E-state index in [-0.39, 0.29) is 23.9 Å². The van der Waals surface area contributed by atoms with Crippen LogP contribution in [0.5, 0.6) is 0 Å². The van der Waals surface area contributed by atoms with Crippen LogP contribution in [0.1, 0.15) is 10.4 Å². The molecule has 1 amide bonds. The van der Waals surface area contributed by atoms with Gasteiger partial charge in [-0.1, -0.05) is 36.4 Å². The number of hydrogen-bond donors (Lipinski definition) is 2. The summed E-state index contributed by atoms with van der Waals surface area (Å²) in [6.07, 6.45) is 3.03. The number of aromatic amines is 1. The predicted molar refractivity (Wildman–Crippen MR) is 135 cm³/mol. The summed E-state index contributed by atoms with van der Waals surface area (Å²) in [7, 11) is -3.73. The molecule has 0 unspecified atom stereocenters. The lowest BCUT2D eigenvalue weighted by molar-refractivity contribution is 0.102. The van der Waals surface area contributed by atoms with Crippen molar-refractivity contribution in [1.29, 1.82) is 0 Å². The summed E-state index contributed by atoms with van der Waals surface area (Å²) < 4.78 is 26.9. The Bertz CT molecular complexity index is 1410. The van der Waals surface area contributed by atoms with E-state index in [1.165, 1.54) is 40.7 Å². The number of fused-ring (bicyclic) bond motifs is 1. The van der Waals surface area contributed by atoms with E-state index >= 15 is 0 Å². The van der Waals surface area contributed by atoms with Gasteiger partial charge < -0.3 is 10.3 Å². The second-order valence-corrected chi connectivity index (χ2v) is 9.50. The monoisotopic (exact) mass is 472 g/mol. The Labute approximate surface area is 198 Å². The van der Waals surface area contributed by atoms with Gasteiger partial charge in [-0.25, -0.2) is 13.4 Å². The number of H-pyrrole nitrogens is 1. The average Bonchev–Trinajstić information content (AvgIpc) is 3.29. The van der Waals surface area contributed by atoms with Gasteiger partial charge in [0.15, 0.2) is 0 Å². The van der Waals surface area contributed by atoms with Crippen LogP contribution < -0.4 is 5.32 Å². The molecule has 8 heteroatoms. The minimum absolute atomic E-state index is 0.0969. The number of benzene rings is 3. The van der Waals surface area contributed by atoms with Crippen molar-refractivity contribution in [2.24, 2.45) is 0 Å². The summed E-state index contributed by atoms with van der Waals surface area (Å²) in [5.41, 5.74) is 3.57. The Morgan fingerprint density at radius 2 is 1.68 bits per heavy atom. The van der Waals surface area contributed by atoms with E-state index in [0.717, 1.165) is 16.6 Å². The third-order valence-corrected chi connectivity index (χ3v) is 7.05. The van der Waals surface area contributed by atoms with Crippen molar-refractivity contribution in [3.05, 3.63) is 104 Å². The van der Waals surface area contributed by atoms with E-state index in [9.17, 15) is 13.2 Å². The van der Waals surface area contributed by atoms with Crippen LogP contribution in [-0.4, -0.2) is 41.7 Å². The van der Waals surface area contributed by atoms with Gasteiger partial charge in [-0.2, -0.15) is 4.31 Å². The predicted octanol–water partition coefficient (Wildman–Crippen LogP) is 4.84. The molecule has 0 atom stereocenters. The number of imidazole rings is 1. The molecule has 0 fully saturated rings. The third-order valence-electron chi connectivity index (χ3n) is 5.20. The highest BCUT2D eigenvalue weighted by molar-refractivity contribution is 7.89. The molecule has 0 radical (unpaired) electrons. The van der Waals surface area contributed by atoms with E-state index in [1.807, 2.05) is 42.5 Å². The van der Waals surface area contributed by atoms with Gasteiger partial charge in [0.25, 0.3) is 5.91 Å². The van der Waals surface area contributed by atoms with Crippen molar-refractivity contribution in [1.82, 2.24) is 14.3 Å². The SMILES string of the molecule is C=CCN(CC=C)S(=O)(=O)c1ccc(C(=O)Nc2cccc(-c3nc4ccccc4[nH]3)c2)cc1. The number of hydrogen-bond acceptors (Lipinski definition) is 4. The molecule has 4 aromatic rings. The highest BCUT2D eigenvalue weighted by Gasteiger charge is 2.22. The molecule has 0 aliphatic heterocycles. The number of nitrogens with zero attached hydrogens (tertiary/aromatic N) is 2. The van der Waals surface area contributed by atoms with Gasteiger partial charge in [0.1, 0.15) is 5.82 Å². The first-order valence-electron chi connectivity index (χ1n) is 10.6. The highest BCUT2D eigenvalue weighted by atomic mass is 32.2. The fraction of sp³-hybridized carbons (Fsp3) is 0.0769. The lowest BCUT2D eigenvalue weighted by atomic mass is 10.1. The van der Waals surface area contributed by atoms with E-state index < -0.39 is 10.0 Å². The first-order chi connectivity index (χ1) is 16.4. The molecule has 0 aliphatic carbocycles. The van der Waals surface area contributed by atoms with Gasteiger partial charge in [0, 0.05) is 29.9 Å². The van der Waals surface area contributed by atoms with Crippen molar-refractivity contribution < 1.29 is 13.2 Å². The quantitative estimate of drug-likeness (QED) is 0.341. The summed E-state index contributed by atoms with van der Waals surface area (Å²) in [5, 5.41) is 2.86. The maximum atomic E-state index is 12.8. The number of aromatic nitrogens is 2. The lowest BCUT2D eigenvalue weighted by Crippen LogP contribution is -2.31. The Morgan fingerprint density at radius 1 is 0.971 bits per heavy atom. The van der Waals surface area contributed by atoms with E-state index in [1.54, 1.807) is 6.07 Å². The van der Waals surface area contributed by atoms with Crippen molar-refractivity contribution in [3.63, 3.8) is 0 Å². The van der Waals surface area contributed by atoms with Gasteiger partial charge >= 0.3 is 0 Å². The molecule has 0 spiro atoms. The summed E-state index contributed by atoms with van der Waals surface area (Å²) in [6.45, 7) is 7.54. The molecular weight excluding hydrogens is 448 g/mol. The minimum Gasteiger partial charge on any atom is -0.338 e. The Balaban J connectivity index is 1.51. The number of sulfonamides is 1. The van der Waals surface area contributed by atoms with Crippen LogP contribution in [0.15, 0.2) is 103 Å². The Kier molecular flexibility index (Phi) is 6.72. The highest BCUT2D eigenvalue weighted by Crippen LogP contribution is 2.24. The molecule has 0 aliphatic rings. The smallest absolute Gasteiger partial charge is 0.255 e. The summed E-state index contributed by atoms with van der Waals surface area (Å²) in [5.74, 6) is 0.357. The second kappa shape index (κ2) is 9.86. The number of rotatable bonds is 9. The van der Waals surface area contributed by atoms with E-state index in [4.69, 9.17) is 0 Å². The molecule has 3 aromatic carbocycles. The largest absolute Gasteiger partial charge is 0.338 e. The molecule has 1 aromatic heterocycles. The fourth-order valence-corrected chi connectivity index (χ4v) is 4.90. The molecule has 34 heavy (non-hydrogen) atoms. The Hall–Kier alpha value is -4.01. The van der Waals surface area contributed by atoms with Gasteiger partial charge in [-0.15, -0.1) is 13.2 Å². The average molecular weight is 473 g/mol. The van der Waals surface area contributed by atoms with Gasteiger partial charge in [0.05, 0.1) is 15.9 Å². The summed E-state index contributed by atoms with van der Waals surface area (Å²) in [4.78, 5) is 20.7. The third kappa shape index (κ3) is 4.83. The van der Waals surface area contributed by atoms with Crippen molar-refractivity contribution in [2.75, 3.05) is 18.4 Å². The van der Waals surface area contributed by atoms with Crippen LogP contribution in [0.2, 0.25) is 0 Å². The maximum Gasteiger partial charge on any atom is 0.255 e. The fourth-order valence-electron chi connectivity index (χ4n) is 3.52. The minimum atomic E-state index is -3.73. The normalized spacial score (nSPS) is 11.4. The molecule has 4 rings (SSSR count). The first kappa shape index (κ1) is 23.2. The van der Waals surface area contributed by atoms with Crippen LogP contribution in [0, 0.1) is 0 Å². The van der Waals surface area contributed by atoms with Crippen LogP contribution in [0.25, 0.3) is 22.4 Å². The zero-order valence-electron chi connectivity index (χ0n) is 18.4. The summed E-state index contributed by atoms with van der Waals surface area (Å²) >= 11 is 0. The second-order valence-electron chi connectivity index (χ2n) is 7.56. The van der Waals surface area contributed by atoms with E-state index in [0.29, 0.717) is 17.1 Å². The summed E-state index contributed by atoms with van der Waals surface area (Å²) in [6, 6.07) is 20.9. The zero-order valence-corrected chi connectivity index (χ0v) is 19.3. The van der Waals surface area contributed by atoms with Crippen LogP contribution in [0.3, 0.4) is 0 Å². The molecule has 7 nitrogen and oxygen atoms in total. The van der Waals surface area contributed by atoms with Gasteiger partial charge in [-0.3, -0.25) is 4.79 Å². The van der Waals surface area contributed by atoms with Gasteiger partial charge in [-0.05, 0) is 48.5 Å². The van der Waals surface area contributed by atoms with Crippen LogP contribution in [0.4, 0.5) is 5.69 Å². The van der Waals surface area contributed by atoms with Crippen LogP contribution in [-0.2, 0) is 10.0 Å². The molecule has 1 heterocycles. The van der Waals surface area contributed by atoms with Crippen molar-refractivity contribution in [2.45, 2.75) is 4.90 Å². The van der Waals surface area contributed by atoms with Crippen LogP contribution >= 0.6 is 0 Å². The van der Waals surface area contributed by atoms with E-state index in [2.05, 4.69) is 28.4 Å². The van der Waals surface area contributed by atoms with Crippen molar-refractivity contribution in [3.8, 4) is 11.4 Å². The number of carbonyl (C=O) groups is 1. The maximum absolute atomic E-state index is 12.8. The zero-order chi connectivity index (χ0) is 24.1. The van der Waals surface area contributed by atoms with Crippen molar-refractivity contribution >= 4 is 32.7 Å². The number of nitrogens with one attached hydrogen (secondary N) is 2. The molecule has 0 saturated carbocycles. The molecular formula is C26H24N4O3S. The number of anilines is 1. The number of carbonyl (C=O) groups excluding carboxylic acids is 1. The molecule has 0 saturated heterocycles.